The summed E-state index contributed by atoms with van der Waals surface area (Å²) in [5.41, 5.74) is 7.98. The van der Waals surface area contributed by atoms with Crippen LogP contribution in [0.5, 0.6) is 5.75 Å². The van der Waals surface area contributed by atoms with E-state index in [0.29, 0.717) is 11.1 Å². The van der Waals surface area contributed by atoms with Crippen LogP contribution in [0.3, 0.4) is 0 Å². The molecular formula is C29H42FN3O5S. The Morgan fingerprint density at radius 3 is 2.13 bits per heavy atom. The average Bonchev–Trinajstić information content (AvgIpc) is 2.79. The molecule has 0 saturated heterocycles. The van der Waals surface area contributed by atoms with Gasteiger partial charge in [0.05, 0.1) is 11.8 Å². The summed E-state index contributed by atoms with van der Waals surface area (Å²) >= 11 is 0. The van der Waals surface area contributed by atoms with Crippen LogP contribution in [0.25, 0.3) is 0 Å². The molecule has 0 saturated carbocycles. The molecule has 0 aromatic heterocycles. The fourth-order valence-corrected chi connectivity index (χ4v) is 5.62. The lowest BCUT2D eigenvalue weighted by atomic mass is 9.85. The predicted molar refractivity (Wildman–Crippen MR) is 152 cm³/mol. The number of phenols is 1. The zero-order valence-electron chi connectivity index (χ0n) is 23.9. The summed E-state index contributed by atoms with van der Waals surface area (Å²) < 4.78 is 37.7. The zero-order valence-corrected chi connectivity index (χ0v) is 24.7. The minimum atomic E-state index is -3.46. The maximum atomic E-state index is 13.5. The molecule has 39 heavy (non-hydrogen) atoms. The Labute approximate surface area is 231 Å². The first-order chi connectivity index (χ1) is 17.9. The molecular weight excluding hydrogens is 521 g/mol. The number of rotatable bonds is 11. The monoisotopic (exact) mass is 563 g/mol. The van der Waals surface area contributed by atoms with Crippen LogP contribution in [0.15, 0.2) is 42.5 Å². The third kappa shape index (κ3) is 9.61. The lowest BCUT2D eigenvalue weighted by Crippen LogP contribution is -2.57. The SMILES string of the molecule is CC(C)[C@@H](C(=O)N[C@@H](Cc1ccc(O)c(C(C)(C)C)c1)CS(C)(=O)=O)N(C)C(=O)[C@@H](N)Cc1ccc(F)cc1. The molecule has 216 valence electrons. The molecule has 2 amide bonds. The molecule has 0 heterocycles. The molecule has 0 unspecified atom stereocenters. The number of likely N-dealkylation sites (N-methyl/N-ethyl adjacent to an activating group) is 1. The van der Waals surface area contributed by atoms with E-state index in [-0.39, 0.29) is 35.7 Å². The number of benzene rings is 2. The highest BCUT2D eigenvalue weighted by atomic mass is 32.2. The van der Waals surface area contributed by atoms with Crippen molar-refractivity contribution < 1.29 is 27.5 Å². The van der Waals surface area contributed by atoms with Gasteiger partial charge < -0.3 is 21.1 Å². The Bertz CT molecular complexity index is 1260. The summed E-state index contributed by atoms with van der Waals surface area (Å²) in [6.07, 6.45) is 1.49. The van der Waals surface area contributed by atoms with E-state index in [1.54, 1.807) is 38.1 Å². The van der Waals surface area contributed by atoms with Gasteiger partial charge in [0.25, 0.3) is 0 Å². The van der Waals surface area contributed by atoms with Gasteiger partial charge in [-0.05, 0) is 59.1 Å². The van der Waals surface area contributed by atoms with Gasteiger partial charge in [-0.3, -0.25) is 9.59 Å². The standard InChI is InChI=1S/C29H42FN3O5S/c1-18(2)26(33(6)28(36)24(31)16-19-8-11-21(30)12-9-19)27(35)32-22(17-39(7,37)38)14-20-10-13-25(34)23(15-20)29(3,4)5/h8-13,15,18,22,24,26,34H,14,16-17,31H2,1-7H3,(H,32,35)/t22-,24-,26-/m0/s1. The second-order valence-electron chi connectivity index (χ2n) is 11.7. The number of carbonyl (C=O) groups excluding carboxylic acids is 2. The number of hydrogen-bond donors (Lipinski definition) is 3. The van der Waals surface area contributed by atoms with Crippen LogP contribution in [0, 0.1) is 11.7 Å². The van der Waals surface area contributed by atoms with Crippen LogP contribution >= 0.6 is 0 Å². The smallest absolute Gasteiger partial charge is 0.243 e. The summed E-state index contributed by atoms with van der Waals surface area (Å²) in [7, 11) is -1.96. The van der Waals surface area contributed by atoms with Crippen LogP contribution < -0.4 is 11.1 Å². The van der Waals surface area contributed by atoms with Crippen LogP contribution in [-0.2, 0) is 37.7 Å². The molecule has 0 aliphatic carbocycles. The number of amides is 2. The summed E-state index contributed by atoms with van der Waals surface area (Å²) in [5.74, 6) is -1.78. The van der Waals surface area contributed by atoms with Gasteiger partial charge in [0.2, 0.25) is 11.8 Å². The number of sulfone groups is 1. The Morgan fingerprint density at radius 2 is 1.62 bits per heavy atom. The van der Waals surface area contributed by atoms with Crippen molar-refractivity contribution in [2.75, 3.05) is 19.1 Å². The van der Waals surface area contributed by atoms with E-state index in [4.69, 9.17) is 5.73 Å². The largest absolute Gasteiger partial charge is 0.508 e. The van der Waals surface area contributed by atoms with E-state index >= 15 is 0 Å². The first-order valence-electron chi connectivity index (χ1n) is 13.0. The van der Waals surface area contributed by atoms with Gasteiger partial charge in [-0.25, -0.2) is 12.8 Å². The molecule has 8 nitrogen and oxygen atoms in total. The zero-order chi connectivity index (χ0) is 29.7. The van der Waals surface area contributed by atoms with Crippen molar-refractivity contribution in [2.45, 2.75) is 71.0 Å². The number of nitrogens with zero attached hydrogens (tertiary/aromatic N) is 1. The third-order valence-electron chi connectivity index (χ3n) is 6.55. The molecule has 2 rings (SSSR count). The van der Waals surface area contributed by atoms with Crippen molar-refractivity contribution >= 4 is 21.7 Å². The Hall–Kier alpha value is -2.98. The molecule has 0 aliphatic rings. The van der Waals surface area contributed by atoms with E-state index in [1.807, 2.05) is 26.8 Å². The maximum absolute atomic E-state index is 13.5. The summed E-state index contributed by atoms with van der Waals surface area (Å²) in [6, 6.07) is 8.18. The lowest BCUT2D eigenvalue weighted by molar-refractivity contribution is -0.141. The Kier molecular flexibility index (Phi) is 10.7. The lowest BCUT2D eigenvalue weighted by Gasteiger charge is -2.33. The van der Waals surface area contributed by atoms with Crippen molar-refractivity contribution in [2.24, 2.45) is 11.7 Å². The number of halogens is 1. The summed E-state index contributed by atoms with van der Waals surface area (Å²) in [6.45, 7) is 9.47. The van der Waals surface area contributed by atoms with Crippen molar-refractivity contribution in [1.82, 2.24) is 10.2 Å². The van der Waals surface area contributed by atoms with Crippen molar-refractivity contribution in [1.29, 1.82) is 0 Å². The fraction of sp³-hybridized carbons (Fsp3) is 0.517. The van der Waals surface area contributed by atoms with Gasteiger partial charge in [0.15, 0.2) is 0 Å². The molecule has 2 aromatic carbocycles. The van der Waals surface area contributed by atoms with Crippen molar-refractivity contribution in [3.63, 3.8) is 0 Å². The highest BCUT2D eigenvalue weighted by Crippen LogP contribution is 2.31. The van der Waals surface area contributed by atoms with E-state index in [9.17, 15) is 27.5 Å². The van der Waals surface area contributed by atoms with Crippen LogP contribution in [0.2, 0.25) is 0 Å². The topological polar surface area (TPSA) is 130 Å². The van der Waals surface area contributed by atoms with Crippen LogP contribution in [0.1, 0.15) is 51.3 Å². The number of hydrogen-bond acceptors (Lipinski definition) is 6. The molecule has 0 bridgehead atoms. The predicted octanol–water partition coefficient (Wildman–Crippen LogP) is 2.95. The molecule has 3 atom stereocenters. The van der Waals surface area contributed by atoms with Gasteiger partial charge in [0, 0.05) is 19.3 Å². The fourth-order valence-electron chi connectivity index (χ4n) is 4.69. The molecule has 10 heteroatoms. The number of aromatic hydroxyl groups is 1. The van der Waals surface area contributed by atoms with E-state index in [0.717, 1.165) is 11.8 Å². The highest BCUT2D eigenvalue weighted by molar-refractivity contribution is 7.90. The second kappa shape index (κ2) is 12.9. The Morgan fingerprint density at radius 1 is 1.05 bits per heavy atom. The highest BCUT2D eigenvalue weighted by Gasteiger charge is 2.34. The molecule has 0 spiro atoms. The first kappa shape index (κ1) is 32.2. The van der Waals surface area contributed by atoms with Crippen molar-refractivity contribution in [3.05, 3.63) is 65.0 Å². The van der Waals surface area contributed by atoms with Crippen molar-refractivity contribution in [3.8, 4) is 5.75 Å². The van der Waals surface area contributed by atoms with Gasteiger partial charge in [0.1, 0.15) is 27.4 Å². The van der Waals surface area contributed by atoms with Crippen LogP contribution in [0.4, 0.5) is 4.39 Å². The van der Waals surface area contributed by atoms with Gasteiger partial charge in [-0.2, -0.15) is 0 Å². The molecule has 2 aromatic rings. The van der Waals surface area contributed by atoms with E-state index in [1.165, 1.54) is 24.1 Å². The summed E-state index contributed by atoms with van der Waals surface area (Å²) in [5, 5.41) is 13.2. The normalized spacial score (nSPS) is 14.5. The van der Waals surface area contributed by atoms with E-state index in [2.05, 4.69) is 5.32 Å². The van der Waals surface area contributed by atoms with Gasteiger partial charge in [-0.1, -0.05) is 58.9 Å². The minimum absolute atomic E-state index is 0.145. The number of phenolic OH excluding ortho intramolecular Hbond substituents is 1. The summed E-state index contributed by atoms with van der Waals surface area (Å²) in [4.78, 5) is 27.9. The minimum Gasteiger partial charge on any atom is -0.508 e. The van der Waals surface area contributed by atoms with E-state index < -0.39 is 45.6 Å². The van der Waals surface area contributed by atoms with Crippen LogP contribution in [-0.4, -0.2) is 67.4 Å². The number of nitrogens with one attached hydrogen (secondary N) is 1. The molecule has 0 fully saturated rings. The average molecular weight is 564 g/mol. The molecule has 0 aliphatic heterocycles. The number of nitrogens with two attached hydrogens (primary N) is 1. The van der Waals surface area contributed by atoms with Gasteiger partial charge in [-0.15, -0.1) is 0 Å². The Balaban J connectivity index is 2.25. The number of carbonyl (C=O) groups is 2. The second-order valence-corrected chi connectivity index (χ2v) is 13.9. The molecule has 4 N–H and O–H groups in total. The van der Waals surface area contributed by atoms with Gasteiger partial charge >= 0.3 is 0 Å². The quantitative estimate of drug-likeness (QED) is 0.386. The first-order valence-corrected chi connectivity index (χ1v) is 15.0. The maximum Gasteiger partial charge on any atom is 0.243 e. The third-order valence-corrected chi connectivity index (χ3v) is 7.56. The molecule has 0 radical (unpaired) electrons.